The third-order valence-corrected chi connectivity index (χ3v) is 3.55. The third-order valence-electron chi connectivity index (χ3n) is 3.55. The summed E-state index contributed by atoms with van der Waals surface area (Å²) in [4.78, 5) is 6.79. The number of furan rings is 1. The van der Waals surface area contributed by atoms with Gasteiger partial charge in [-0.2, -0.15) is 0 Å². The van der Waals surface area contributed by atoms with Gasteiger partial charge >= 0.3 is 0 Å². The van der Waals surface area contributed by atoms with Crippen molar-refractivity contribution in [2.75, 3.05) is 20.3 Å². The van der Waals surface area contributed by atoms with Crippen LogP contribution in [0.4, 0.5) is 0 Å². The summed E-state index contributed by atoms with van der Waals surface area (Å²) in [6, 6.07) is 4.16. The second-order valence-corrected chi connectivity index (χ2v) is 4.93. The zero-order chi connectivity index (χ0) is 13.2. The Bertz CT molecular complexity index is 527. The van der Waals surface area contributed by atoms with Gasteiger partial charge in [-0.15, -0.1) is 0 Å². The van der Waals surface area contributed by atoms with Gasteiger partial charge in [0.15, 0.2) is 5.76 Å². The molecule has 102 valence electrons. The lowest BCUT2D eigenvalue weighted by Gasteiger charge is -2.21. The van der Waals surface area contributed by atoms with E-state index in [1.807, 2.05) is 19.1 Å². The average Bonchev–Trinajstić information content (AvgIpc) is 3.09. The van der Waals surface area contributed by atoms with E-state index in [1.165, 1.54) is 0 Å². The van der Waals surface area contributed by atoms with Crippen LogP contribution in [0.1, 0.15) is 17.9 Å². The predicted octanol–water partition coefficient (Wildman–Crippen LogP) is 2.46. The molecule has 3 heterocycles. The van der Waals surface area contributed by atoms with Crippen molar-refractivity contribution in [1.29, 1.82) is 0 Å². The Labute approximate surface area is 112 Å². The number of ether oxygens (including phenoxy) is 1. The maximum Gasteiger partial charge on any atom is 0.263 e. The summed E-state index contributed by atoms with van der Waals surface area (Å²) >= 11 is 0. The van der Waals surface area contributed by atoms with E-state index in [2.05, 4.69) is 16.9 Å². The lowest BCUT2D eigenvalue weighted by molar-refractivity contribution is 0.155. The van der Waals surface area contributed by atoms with Crippen LogP contribution in [-0.4, -0.2) is 36.2 Å². The van der Waals surface area contributed by atoms with Gasteiger partial charge < -0.3 is 13.6 Å². The number of aryl methyl sites for hydroxylation is 1. The van der Waals surface area contributed by atoms with Crippen LogP contribution < -0.4 is 0 Å². The first-order chi connectivity index (χ1) is 9.24. The van der Waals surface area contributed by atoms with Crippen LogP contribution in [0.25, 0.3) is 11.7 Å². The zero-order valence-corrected chi connectivity index (χ0v) is 11.3. The van der Waals surface area contributed by atoms with E-state index in [0.29, 0.717) is 17.7 Å². The fourth-order valence-corrected chi connectivity index (χ4v) is 2.32. The number of nitrogens with zero attached hydrogens (tertiary/aromatic N) is 2. The predicted molar refractivity (Wildman–Crippen MR) is 69.6 cm³/mol. The van der Waals surface area contributed by atoms with Crippen molar-refractivity contribution in [2.24, 2.45) is 0 Å². The molecular formula is C14H18N2O3. The Morgan fingerprint density at radius 2 is 2.37 bits per heavy atom. The minimum atomic E-state index is 0.475. The first-order valence-corrected chi connectivity index (χ1v) is 6.52. The molecule has 5 heteroatoms. The van der Waals surface area contributed by atoms with E-state index >= 15 is 0 Å². The number of hydrogen-bond acceptors (Lipinski definition) is 5. The number of likely N-dealkylation sites (N-methyl/N-ethyl adjacent to an activating group) is 1. The first kappa shape index (κ1) is 12.4. The van der Waals surface area contributed by atoms with Crippen molar-refractivity contribution < 1.29 is 13.6 Å². The monoisotopic (exact) mass is 262 g/mol. The topological polar surface area (TPSA) is 51.6 Å². The van der Waals surface area contributed by atoms with Gasteiger partial charge in [-0.1, -0.05) is 0 Å². The summed E-state index contributed by atoms with van der Waals surface area (Å²) in [7, 11) is 2.10. The maximum absolute atomic E-state index is 5.66. The Morgan fingerprint density at radius 1 is 1.47 bits per heavy atom. The van der Waals surface area contributed by atoms with E-state index in [9.17, 15) is 0 Å². The molecule has 0 saturated carbocycles. The van der Waals surface area contributed by atoms with Crippen LogP contribution >= 0.6 is 0 Å². The minimum Gasteiger partial charge on any atom is -0.459 e. The minimum absolute atomic E-state index is 0.475. The molecule has 1 aliphatic rings. The van der Waals surface area contributed by atoms with Crippen LogP contribution in [-0.2, 0) is 11.3 Å². The Hall–Kier alpha value is -1.59. The second kappa shape index (κ2) is 5.19. The summed E-state index contributed by atoms with van der Waals surface area (Å²) in [6.45, 7) is 4.36. The molecule has 1 aliphatic heterocycles. The summed E-state index contributed by atoms with van der Waals surface area (Å²) in [6.07, 6.45) is 2.70. The Balaban J connectivity index is 1.74. The van der Waals surface area contributed by atoms with Crippen molar-refractivity contribution in [3.63, 3.8) is 0 Å². The molecule has 0 bridgehead atoms. The summed E-state index contributed by atoms with van der Waals surface area (Å²) < 4.78 is 16.4. The highest BCUT2D eigenvalue weighted by molar-refractivity contribution is 5.44. The summed E-state index contributed by atoms with van der Waals surface area (Å²) in [5.74, 6) is 2.06. The van der Waals surface area contributed by atoms with Gasteiger partial charge in [0.2, 0.25) is 0 Å². The fourth-order valence-electron chi connectivity index (χ4n) is 2.32. The lowest BCUT2D eigenvalue weighted by atomic mass is 10.2. The molecule has 19 heavy (non-hydrogen) atoms. The molecule has 0 N–H and O–H groups in total. The molecule has 0 aromatic carbocycles. The summed E-state index contributed by atoms with van der Waals surface area (Å²) in [5, 5.41) is 0. The molecular weight excluding hydrogens is 244 g/mol. The van der Waals surface area contributed by atoms with Crippen molar-refractivity contribution in [3.8, 4) is 11.7 Å². The molecule has 1 atom stereocenters. The highest BCUT2D eigenvalue weighted by Crippen LogP contribution is 2.23. The van der Waals surface area contributed by atoms with Gasteiger partial charge in [0.1, 0.15) is 5.76 Å². The van der Waals surface area contributed by atoms with Crippen molar-refractivity contribution in [3.05, 3.63) is 29.9 Å². The molecule has 3 rings (SSSR count). The maximum atomic E-state index is 5.66. The van der Waals surface area contributed by atoms with E-state index in [4.69, 9.17) is 13.6 Å². The average molecular weight is 262 g/mol. The summed E-state index contributed by atoms with van der Waals surface area (Å²) in [5.41, 5.74) is 0.959. The quantitative estimate of drug-likeness (QED) is 0.847. The number of rotatable bonds is 4. The molecule has 0 aliphatic carbocycles. The smallest absolute Gasteiger partial charge is 0.263 e. The molecule has 0 unspecified atom stereocenters. The molecule has 0 amide bonds. The normalized spacial score (nSPS) is 19.4. The van der Waals surface area contributed by atoms with Crippen LogP contribution in [0.3, 0.4) is 0 Å². The zero-order valence-electron chi connectivity index (χ0n) is 11.3. The van der Waals surface area contributed by atoms with Gasteiger partial charge in [-0.3, -0.25) is 4.90 Å². The molecule has 0 radical (unpaired) electrons. The van der Waals surface area contributed by atoms with Crippen LogP contribution in [0, 0.1) is 6.92 Å². The van der Waals surface area contributed by atoms with E-state index < -0.39 is 0 Å². The van der Waals surface area contributed by atoms with Crippen LogP contribution in [0.5, 0.6) is 0 Å². The number of hydrogen-bond donors (Lipinski definition) is 0. The third kappa shape index (κ3) is 2.57. The fraction of sp³-hybridized carbons (Fsp3) is 0.500. The molecule has 2 aromatic heterocycles. The van der Waals surface area contributed by atoms with E-state index in [1.54, 1.807) is 6.26 Å². The molecule has 1 saturated heterocycles. The number of aromatic nitrogens is 1. The van der Waals surface area contributed by atoms with Crippen molar-refractivity contribution >= 4 is 0 Å². The largest absolute Gasteiger partial charge is 0.459 e. The van der Waals surface area contributed by atoms with Gasteiger partial charge in [0, 0.05) is 19.2 Å². The van der Waals surface area contributed by atoms with E-state index in [-0.39, 0.29) is 0 Å². The van der Waals surface area contributed by atoms with Crippen LogP contribution in [0.2, 0.25) is 0 Å². The second-order valence-electron chi connectivity index (χ2n) is 4.93. The SMILES string of the molecule is Cc1oc(-c2ccco2)nc1CN(C)[C@@H]1CCOC1. The van der Waals surface area contributed by atoms with Crippen molar-refractivity contribution in [1.82, 2.24) is 9.88 Å². The van der Waals surface area contributed by atoms with Gasteiger partial charge in [-0.05, 0) is 32.5 Å². The van der Waals surface area contributed by atoms with Gasteiger partial charge in [0.25, 0.3) is 5.89 Å². The Morgan fingerprint density at radius 3 is 3.05 bits per heavy atom. The van der Waals surface area contributed by atoms with E-state index in [0.717, 1.165) is 37.6 Å². The highest BCUT2D eigenvalue weighted by Gasteiger charge is 2.22. The van der Waals surface area contributed by atoms with Crippen LogP contribution in [0.15, 0.2) is 27.2 Å². The molecule has 1 fully saturated rings. The van der Waals surface area contributed by atoms with Gasteiger partial charge in [0.05, 0.1) is 18.6 Å². The highest BCUT2D eigenvalue weighted by atomic mass is 16.5. The molecule has 0 spiro atoms. The molecule has 2 aromatic rings. The van der Waals surface area contributed by atoms with Crippen molar-refractivity contribution in [2.45, 2.75) is 25.9 Å². The molecule has 5 nitrogen and oxygen atoms in total. The standard InChI is InChI=1S/C14H18N2O3/c1-10-12(8-16(2)11-5-7-17-9-11)15-14(19-10)13-4-3-6-18-13/h3-4,6,11H,5,7-9H2,1-2H3/t11-/m1/s1. The lowest BCUT2D eigenvalue weighted by Crippen LogP contribution is -2.31. The van der Waals surface area contributed by atoms with Gasteiger partial charge in [-0.25, -0.2) is 4.98 Å². The number of oxazole rings is 1. The Kier molecular flexibility index (Phi) is 3.40. The first-order valence-electron chi connectivity index (χ1n) is 6.52.